The molecule has 2 aromatic rings. The van der Waals surface area contributed by atoms with Gasteiger partial charge in [0.2, 0.25) is 0 Å². The number of nitrogens with one attached hydrogen (secondary N) is 1. The van der Waals surface area contributed by atoms with Gasteiger partial charge in [0.1, 0.15) is 23.7 Å². The van der Waals surface area contributed by atoms with Gasteiger partial charge in [-0.25, -0.2) is 4.39 Å². The van der Waals surface area contributed by atoms with Crippen molar-refractivity contribution in [2.24, 2.45) is 5.92 Å². The molecule has 174 valence electrons. The number of hydrogen-bond donors (Lipinski definition) is 1. The molecule has 1 N–H and O–H groups in total. The molecule has 0 unspecified atom stereocenters. The van der Waals surface area contributed by atoms with Gasteiger partial charge in [-0.05, 0) is 87.7 Å². The van der Waals surface area contributed by atoms with E-state index < -0.39 is 5.82 Å². The maximum Gasteiger partial charge on any atom is 0.251 e. The number of piperidine rings is 1. The van der Waals surface area contributed by atoms with Crippen molar-refractivity contribution in [3.05, 3.63) is 65.5 Å². The van der Waals surface area contributed by atoms with Crippen molar-refractivity contribution in [1.29, 1.82) is 5.26 Å². The summed E-state index contributed by atoms with van der Waals surface area (Å²) in [5.41, 5.74) is 0.989. The van der Waals surface area contributed by atoms with E-state index in [1.165, 1.54) is 31.4 Å². The van der Waals surface area contributed by atoms with E-state index in [2.05, 4.69) is 10.2 Å². The average Bonchev–Trinajstić information content (AvgIpc) is 2.86. The Morgan fingerprint density at radius 2 is 1.79 bits per heavy atom. The van der Waals surface area contributed by atoms with Crippen LogP contribution in [0.4, 0.5) is 4.39 Å². The van der Waals surface area contributed by atoms with Crippen molar-refractivity contribution < 1.29 is 13.9 Å². The van der Waals surface area contributed by atoms with Crippen LogP contribution < -0.4 is 10.1 Å². The topological polar surface area (TPSA) is 65.4 Å². The highest BCUT2D eigenvalue weighted by atomic mass is 19.1. The molecule has 1 heterocycles. The predicted molar refractivity (Wildman–Crippen MR) is 125 cm³/mol. The van der Waals surface area contributed by atoms with Crippen LogP contribution in [0.3, 0.4) is 0 Å². The number of likely N-dealkylation sites (tertiary alicyclic amines) is 1. The van der Waals surface area contributed by atoms with Crippen molar-refractivity contribution >= 4 is 5.91 Å². The van der Waals surface area contributed by atoms with Crippen LogP contribution in [0.5, 0.6) is 5.75 Å². The summed E-state index contributed by atoms with van der Waals surface area (Å²) >= 11 is 0. The van der Waals surface area contributed by atoms with Crippen molar-refractivity contribution in [2.45, 2.75) is 57.1 Å². The maximum absolute atomic E-state index is 13.3. The van der Waals surface area contributed by atoms with Gasteiger partial charge in [0.05, 0.1) is 5.56 Å². The Hall–Kier alpha value is -2.91. The zero-order valence-corrected chi connectivity index (χ0v) is 19.0. The van der Waals surface area contributed by atoms with E-state index in [1.54, 1.807) is 6.07 Å². The van der Waals surface area contributed by atoms with Crippen LogP contribution in [0.15, 0.2) is 48.5 Å². The number of rotatable bonds is 7. The average molecular weight is 450 g/mol. The second-order valence-electron chi connectivity index (χ2n) is 9.26. The summed E-state index contributed by atoms with van der Waals surface area (Å²) in [6, 6.07) is 15.9. The molecule has 6 heteroatoms. The molecular weight excluding hydrogens is 417 g/mol. The molecule has 0 radical (unpaired) electrons. The fourth-order valence-corrected chi connectivity index (χ4v) is 4.94. The molecule has 0 aromatic heterocycles. The molecule has 1 saturated carbocycles. The first kappa shape index (κ1) is 23.3. The molecule has 1 saturated heterocycles. The van der Waals surface area contributed by atoms with Crippen molar-refractivity contribution in [3.8, 4) is 11.8 Å². The highest BCUT2D eigenvalue weighted by Crippen LogP contribution is 2.28. The lowest BCUT2D eigenvalue weighted by molar-refractivity contribution is 0.0897. The molecule has 0 spiro atoms. The number of benzene rings is 2. The lowest BCUT2D eigenvalue weighted by atomic mass is 9.84. The SMILES string of the molecule is N#Cc1cc(F)ccc1OC1CCN(CCC2CCC(NC(=O)c3ccccc3)CC2)CC1. The molecule has 33 heavy (non-hydrogen) atoms. The van der Waals surface area contributed by atoms with Gasteiger partial charge in [0.15, 0.2) is 0 Å². The zero-order valence-electron chi connectivity index (χ0n) is 19.0. The third-order valence-corrected chi connectivity index (χ3v) is 6.96. The molecule has 0 bridgehead atoms. The molecule has 1 aliphatic heterocycles. The lowest BCUT2D eigenvalue weighted by Gasteiger charge is -2.34. The maximum atomic E-state index is 13.3. The van der Waals surface area contributed by atoms with Gasteiger partial charge in [-0.15, -0.1) is 0 Å². The Balaban J connectivity index is 1.13. The van der Waals surface area contributed by atoms with E-state index in [4.69, 9.17) is 4.74 Å². The third-order valence-electron chi connectivity index (χ3n) is 6.96. The molecule has 0 atom stereocenters. The summed E-state index contributed by atoms with van der Waals surface area (Å²) in [5, 5.41) is 12.4. The van der Waals surface area contributed by atoms with Crippen LogP contribution in [-0.4, -0.2) is 42.6 Å². The minimum Gasteiger partial charge on any atom is -0.489 e. The van der Waals surface area contributed by atoms with Crippen LogP contribution in [0.1, 0.15) is 60.9 Å². The largest absolute Gasteiger partial charge is 0.489 e. The fraction of sp³-hybridized carbons (Fsp3) is 0.481. The van der Waals surface area contributed by atoms with E-state index >= 15 is 0 Å². The number of carbonyl (C=O) groups excluding carboxylic acids is 1. The molecule has 4 rings (SSSR count). The van der Waals surface area contributed by atoms with Gasteiger partial charge in [-0.3, -0.25) is 4.79 Å². The number of carbonyl (C=O) groups is 1. The van der Waals surface area contributed by atoms with Crippen LogP contribution >= 0.6 is 0 Å². The first-order chi connectivity index (χ1) is 16.1. The molecule has 5 nitrogen and oxygen atoms in total. The van der Waals surface area contributed by atoms with E-state index in [9.17, 15) is 14.4 Å². The summed E-state index contributed by atoms with van der Waals surface area (Å²) < 4.78 is 19.3. The first-order valence-corrected chi connectivity index (χ1v) is 12.1. The molecule has 1 aliphatic carbocycles. The second-order valence-corrected chi connectivity index (χ2v) is 9.26. The van der Waals surface area contributed by atoms with Crippen LogP contribution in [0, 0.1) is 23.1 Å². The zero-order chi connectivity index (χ0) is 23.0. The minimum atomic E-state index is -0.415. The standard InChI is InChI=1S/C27H32FN3O2/c28-23-8-11-26(22(18-23)19-29)33-25-13-16-31(17-14-25)15-12-20-6-9-24(10-7-20)30-27(32)21-4-2-1-3-5-21/h1-5,8,11,18,20,24-25H,6-7,9-10,12-17H2,(H,30,32). The third kappa shape index (κ3) is 6.55. The minimum absolute atomic E-state index is 0.0340. The normalized spacial score (nSPS) is 21.8. The van der Waals surface area contributed by atoms with Gasteiger partial charge in [-0.2, -0.15) is 5.26 Å². The summed E-state index contributed by atoms with van der Waals surface area (Å²) in [6.07, 6.45) is 7.54. The van der Waals surface area contributed by atoms with Crippen molar-refractivity contribution in [1.82, 2.24) is 10.2 Å². The monoisotopic (exact) mass is 449 g/mol. The smallest absolute Gasteiger partial charge is 0.251 e. The predicted octanol–water partition coefficient (Wildman–Crippen LogP) is 4.92. The van der Waals surface area contributed by atoms with Crippen molar-refractivity contribution in [2.75, 3.05) is 19.6 Å². The number of amides is 1. The van der Waals surface area contributed by atoms with E-state index in [1.807, 2.05) is 36.4 Å². The highest BCUT2D eigenvalue weighted by Gasteiger charge is 2.25. The Bertz CT molecular complexity index is 959. The van der Waals surface area contributed by atoms with E-state index in [-0.39, 0.29) is 23.6 Å². The molecular formula is C27H32FN3O2. The van der Waals surface area contributed by atoms with Gasteiger partial charge in [-0.1, -0.05) is 18.2 Å². The van der Waals surface area contributed by atoms with Gasteiger partial charge in [0.25, 0.3) is 5.91 Å². The van der Waals surface area contributed by atoms with Crippen LogP contribution in [0.25, 0.3) is 0 Å². The summed E-state index contributed by atoms with van der Waals surface area (Å²) in [5.74, 6) is 0.822. The molecule has 1 amide bonds. The lowest BCUT2D eigenvalue weighted by Crippen LogP contribution is -2.40. The first-order valence-electron chi connectivity index (χ1n) is 12.1. The molecule has 2 aliphatic rings. The quantitative estimate of drug-likeness (QED) is 0.652. The van der Waals surface area contributed by atoms with Gasteiger partial charge >= 0.3 is 0 Å². The van der Waals surface area contributed by atoms with Crippen molar-refractivity contribution in [3.63, 3.8) is 0 Å². The highest BCUT2D eigenvalue weighted by molar-refractivity contribution is 5.94. The Morgan fingerprint density at radius 3 is 2.48 bits per heavy atom. The van der Waals surface area contributed by atoms with Crippen LogP contribution in [0.2, 0.25) is 0 Å². The van der Waals surface area contributed by atoms with E-state index in [0.29, 0.717) is 5.75 Å². The second kappa shape index (κ2) is 11.3. The van der Waals surface area contributed by atoms with Crippen LogP contribution in [-0.2, 0) is 0 Å². The Labute approximate surface area is 195 Å². The number of ether oxygens (including phenoxy) is 1. The number of halogens is 1. The Kier molecular flexibility index (Phi) is 7.96. The number of nitriles is 1. The number of nitrogens with zero attached hydrogens (tertiary/aromatic N) is 2. The fourth-order valence-electron chi connectivity index (χ4n) is 4.94. The molecule has 2 aromatic carbocycles. The van der Waals surface area contributed by atoms with Gasteiger partial charge < -0.3 is 15.0 Å². The van der Waals surface area contributed by atoms with Gasteiger partial charge in [0, 0.05) is 24.7 Å². The Morgan fingerprint density at radius 1 is 1.06 bits per heavy atom. The summed E-state index contributed by atoms with van der Waals surface area (Å²) in [7, 11) is 0. The number of hydrogen-bond acceptors (Lipinski definition) is 4. The molecule has 2 fully saturated rings. The van der Waals surface area contributed by atoms with E-state index in [0.717, 1.165) is 56.8 Å². The summed E-state index contributed by atoms with van der Waals surface area (Å²) in [6.45, 7) is 3.06. The summed E-state index contributed by atoms with van der Waals surface area (Å²) in [4.78, 5) is 14.9.